The summed E-state index contributed by atoms with van der Waals surface area (Å²) in [5, 5.41) is 19.8. The lowest BCUT2D eigenvalue weighted by Gasteiger charge is -2.20. The second-order valence-corrected chi connectivity index (χ2v) is 9.00. The Morgan fingerprint density at radius 1 is 1.34 bits per heavy atom. The average molecular weight is 431 g/mol. The molecule has 4 heterocycles. The third kappa shape index (κ3) is 3.28. The molecule has 8 heteroatoms. The average Bonchev–Trinajstić information content (AvgIpc) is 3.43. The Balaban J connectivity index is 1.54. The second kappa shape index (κ2) is 7.25. The van der Waals surface area contributed by atoms with Crippen LogP contribution in [0.4, 0.5) is 0 Å². The van der Waals surface area contributed by atoms with Crippen molar-refractivity contribution in [2.45, 2.75) is 31.7 Å². The standard InChI is InChI=1S/C21H19ClN2O4S/c22-12-5-11-6-18(21(27)24-4-2-13(26)9-24)28-19(11)16(7-12)15-1-3-23-17-8-14(10-25)29-20(15)17/h1,3,5,7-8,13,18,25-26H,2,4,6,9-10H2/t13-,18?/m0/s1. The predicted octanol–water partition coefficient (Wildman–Crippen LogP) is 3.01. The number of β-amino-alcohol motifs (C(OH)–C–C–N with tert-alkyl or cyclic N) is 1. The van der Waals surface area contributed by atoms with Crippen LogP contribution < -0.4 is 4.74 Å². The van der Waals surface area contributed by atoms with E-state index in [2.05, 4.69) is 4.98 Å². The van der Waals surface area contributed by atoms with Crippen LogP contribution in [-0.2, 0) is 17.8 Å². The number of hydrogen-bond donors (Lipinski definition) is 2. The van der Waals surface area contributed by atoms with E-state index in [-0.39, 0.29) is 12.5 Å². The molecule has 2 atom stereocenters. The molecule has 0 radical (unpaired) electrons. The maximum absolute atomic E-state index is 12.9. The molecule has 6 nitrogen and oxygen atoms in total. The molecule has 0 aliphatic carbocycles. The van der Waals surface area contributed by atoms with E-state index in [0.29, 0.717) is 36.7 Å². The molecular weight excluding hydrogens is 412 g/mol. The topological polar surface area (TPSA) is 82.9 Å². The minimum absolute atomic E-state index is 0.0388. The molecule has 0 bridgehead atoms. The molecule has 3 aromatic rings. The van der Waals surface area contributed by atoms with Crippen LogP contribution in [0.1, 0.15) is 16.9 Å². The van der Waals surface area contributed by atoms with Crippen molar-refractivity contribution in [3.05, 3.63) is 45.9 Å². The number of aliphatic hydroxyl groups is 2. The summed E-state index contributed by atoms with van der Waals surface area (Å²) in [5.41, 5.74) is 3.45. The van der Waals surface area contributed by atoms with Crippen LogP contribution in [0.3, 0.4) is 0 Å². The van der Waals surface area contributed by atoms with E-state index < -0.39 is 12.2 Å². The number of pyridine rings is 1. The number of carbonyl (C=O) groups is 1. The third-order valence-corrected chi connectivity index (χ3v) is 6.82. The Morgan fingerprint density at radius 3 is 2.97 bits per heavy atom. The summed E-state index contributed by atoms with van der Waals surface area (Å²) in [6.07, 6.45) is 1.71. The quantitative estimate of drug-likeness (QED) is 0.667. The fraction of sp³-hybridized carbons (Fsp3) is 0.333. The van der Waals surface area contributed by atoms with Gasteiger partial charge in [0.2, 0.25) is 0 Å². The zero-order valence-electron chi connectivity index (χ0n) is 15.5. The van der Waals surface area contributed by atoms with E-state index >= 15 is 0 Å². The molecule has 150 valence electrons. The SMILES string of the molecule is O=C(C1Cc2cc(Cl)cc(-c3ccnc4cc(CO)sc34)c2O1)N1CC[C@H](O)C1. The van der Waals surface area contributed by atoms with Crippen molar-refractivity contribution in [3.63, 3.8) is 0 Å². The number of fused-ring (bicyclic) bond motifs is 2. The van der Waals surface area contributed by atoms with Crippen molar-refractivity contribution in [2.75, 3.05) is 13.1 Å². The third-order valence-electron chi connectivity index (χ3n) is 5.46. The molecule has 29 heavy (non-hydrogen) atoms. The molecule has 0 saturated carbocycles. The number of nitrogens with zero attached hydrogens (tertiary/aromatic N) is 2. The van der Waals surface area contributed by atoms with Crippen molar-refractivity contribution in [3.8, 4) is 16.9 Å². The van der Waals surface area contributed by atoms with Gasteiger partial charge in [0.05, 0.1) is 22.9 Å². The molecule has 2 aliphatic heterocycles. The predicted molar refractivity (Wildman–Crippen MR) is 111 cm³/mol. The van der Waals surface area contributed by atoms with Gasteiger partial charge in [0.1, 0.15) is 5.75 Å². The number of amides is 1. The Labute approximate surface area is 176 Å². The van der Waals surface area contributed by atoms with E-state index in [0.717, 1.165) is 31.8 Å². The number of ether oxygens (including phenoxy) is 1. The summed E-state index contributed by atoms with van der Waals surface area (Å²) in [7, 11) is 0. The molecule has 1 fully saturated rings. The van der Waals surface area contributed by atoms with Gasteiger partial charge in [-0.1, -0.05) is 11.6 Å². The fourth-order valence-electron chi connectivity index (χ4n) is 4.09. The lowest BCUT2D eigenvalue weighted by molar-refractivity contribution is -0.137. The molecular formula is C21H19ClN2O4S. The Bertz CT molecular complexity index is 1120. The highest BCUT2D eigenvalue weighted by molar-refractivity contribution is 7.19. The van der Waals surface area contributed by atoms with Gasteiger partial charge < -0.3 is 19.8 Å². The normalized spacial score (nSPS) is 20.9. The van der Waals surface area contributed by atoms with E-state index in [1.165, 1.54) is 11.3 Å². The number of rotatable bonds is 3. The van der Waals surface area contributed by atoms with Crippen LogP contribution in [0.5, 0.6) is 5.75 Å². The summed E-state index contributed by atoms with van der Waals surface area (Å²) in [4.78, 5) is 19.8. The number of aromatic nitrogens is 1. The first-order valence-electron chi connectivity index (χ1n) is 9.48. The minimum atomic E-state index is -0.610. The van der Waals surface area contributed by atoms with Crippen molar-refractivity contribution in [2.24, 2.45) is 0 Å². The monoisotopic (exact) mass is 430 g/mol. The van der Waals surface area contributed by atoms with E-state index in [1.54, 1.807) is 11.1 Å². The molecule has 2 N–H and O–H groups in total. The Kier molecular flexibility index (Phi) is 4.70. The van der Waals surface area contributed by atoms with E-state index in [9.17, 15) is 15.0 Å². The van der Waals surface area contributed by atoms with Gasteiger partial charge in [0, 0.05) is 52.3 Å². The molecule has 1 unspecified atom stereocenters. The first-order chi connectivity index (χ1) is 14.0. The van der Waals surface area contributed by atoms with Gasteiger partial charge in [-0.05, 0) is 30.7 Å². The van der Waals surface area contributed by atoms with Gasteiger partial charge in [0.15, 0.2) is 6.10 Å². The highest BCUT2D eigenvalue weighted by Gasteiger charge is 2.37. The fourth-order valence-corrected chi connectivity index (χ4v) is 5.33. The zero-order chi connectivity index (χ0) is 20.1. The summed E-state index contributed by atoms with van der Waals surface area (Å²) in [6, 6.07) is 7.47. The number of halogens is 1. The minimum Gasteiger partial charge on any atom is -0.479 e. The number of aliphatic hydroxyl groups excluding tert-OH is 2. The van der Waals surface area contributed by atoms with Crippen molar-refractivity contribution in [1.29, 1.82) is 0 Å². The van der Waals surface area contributed by atoms with Crippen molar-refractivity contribution in [1.82, 2.24) is 9.88 Å². The van der Waals surface area contributed by atoms with Crippen LogP contribution in [0.2, 0.25) is 5.02 Å². The lowest BCUT2D eigenvalue weighted by atomic mass is 10.0. The maximum atomic E-state index is 12.9. The number of carbonyl (C=O) groups excluding carboxylic acids is 1. The van der Waals surface area contributed by atoms with Crippen molar-refractivity contribution >= 4 is 39.1 Å². The molecule has 1 saturated heterocycles. The summed E-state index contributed by atoms with van der Waals surface area (Å²) >= 11 is 7.88. The largest absolute Gasteiger partial charge is 0.479 e. The van der Waals surface area contributed by atoms with Crippen LogP contribution in [0.15, 0.2) is 30.5 Å². The van der Waals surface area contributed by atoms with Gasteiger partial charge in [-0.25, -0.2) is 0 Å². The smallest absolute Gasteiger partial charge is 0.264 e. The summed E-state index contributed by atoms with van der Waals surface area (Å²) in [5.74, 6) is 0.567. The van der Waals surface area contributed by atoms with E-state index in [4.69, 9.17) is 16.3 Å². The molecule has 0 spiro atoms. The van der Waals surface area contributed by atoms with Gasteiger partial charge in [-0.3, -0.25) is 9.78 Å². The van der Waals surface area contributed by atoms with Crippen LogP contribution >= 0.6 is 22.9 Å². The van der Waals surface area contributed by atoms with Gasteiger partial charge in [0.25, 0.3) is 5.91 Å². The lowest BCUT2D eigenvalue weighted by Crippen LogP contribution is -2.40. The van der Waals surface area contributed by atoms with Gasteiger partial charge >= 0.3 is 0 Å². The second-order valence-electron chi connectivity index (χ2n) is 7.42. The van der Waals surface area contributed by atoms with Crippen LogP contribution in [0, 0.1) is 0 Å². The van der Waals surface area contributed by atoms with Gasteiger partial charge in [-0.15, -0.1) is 11.3 Å². The molecule has 2 aliphatic rings. The summed E-state index contributed by atoms with van der Waals surface area (Å²) in [6.45, 7) is 0.865. The number of hydrogen-bond acceptors (Lipinski definition) is 6. The molecule has 2 aromatic heterocycles. The maximum Gasteiger partial charge on any atom is 0.264 e. The first kappa shape index (κ1) is 18.8. The Hall–Kier alpha value is -2.19. The Morgan fingerprint density at radius 2 is 2.21 bits per heavy atom. The molecule has 1 amide bonds. The van der Waals surface area contributed by atoms with Crippen LogP contribution in [-0.4, -0.2) is 51.3 Å². The van der Waals surface area contributed by atoms with E-state index in [1.807, 2.05) is 24.3 Å². The number of likely N-dealkylation sites (tertiary alicyclic amines) is 1. The number of thiophene rings is 1. The zero-order valence-corrected chi connectivity index (χ0v) is 17.0. The molecule has 1 aromatic carbocycles. The summed E-state index contributed by atoms with van der Waals surface area (Å²) < 4.78 is 7.09. The highest BCUT2D eigenvalue weighted by Crippen LogP contribution is 2.44. The van der Waals surface area contributed by atoms with Gasteiger partial charge in [-0.2, -0.15) is 0 Å². The van der Waals surface area contributed by atoms with Crippen molar-refractivity contribution < 1.29 is 19.7 Å². The highest BCUT2D eigenvalue weighted by atomic mass is 35.5. The number of benzene rings is 1. The first-order valence-corrected chi connectivity index (χ1v) is 10.7. The van der Waals surface area contributed by atoms with Crippen LogP contribution in [0.25, 0.3) is 21.3 Å². The molecule has 5 rings (SSSR count).